The highest BCUT2D eigenvalue weighted by atomic mass is 16.3. The van der Waals surface area contributed by atoms with Crippen molar-refractivity contribution in [3.05, 3.63) is 0 Å². The molecule has 1 N–H and O–H groups in total. The van der Waals surface area contributed by atoms with Crippen LogP contribution in [0.25, 0.3) is 0 Å². The second-order valence-corrected chi connectivity index (χ2v) is 4.28. The van der Waals surface area contributed by atoms with Gasteiger partial charge in [0.25, 0.3) is 0 Å². The van der Waals surface area contributed by atoms with Gasteiger partial charge in [0.2, 0.25) is 11.8 Å². The molecular weight excluding hydrogens is 182 g/mol. The Morgan fingerprint density at radius 3 is 2.29 bits per heavy atom. The number of aliphatic hydroxyl groups excluding tert-OH is 1. The van der Waals surface area contributed by atoms with Crippen LogP contribution < -0.4 is 0 Å². The van der Waals surface area contributed by atoms with Crippen molar-refractivity contribution in [2.24, 2.45) is 11.8 Å². The fraction of sp³-hybridized carbons (Fsp3) is 0.800. The number of imide groups is 1. The first-order chi connectivity index (χ1) is 6.61. The molecule has 78 valence electrons. The molecule has 2 amide bonds. The SMILES string of the molecule is CC(O)CN1C(=O)C2CCCC2C1=O. The van der Waals surface area contributed by atoms with Crippen LogP contribution in [0.4, 0.5) is 0 Å². The summed E-state index contributed by atoms with van der Waals surface area (Å²) in [5, 5.41) is 9.17. The summed E-state index contributed by atoms with van der Waals surface area (Å²) in [7, 11) is 0. The number of likely N-dealkylation sites (tertiary alicyclic amines) is 1. The molecule has 14 heavy (non-hydrogen) atoms. The highest BCUT2D eigenvalue weighted by Crippen LogP contribution is 2.39. The van der Waals surface area contributed by atoms with Crippen LogP contribution in [0.15, 0.2) is 0 Å². The van der Waals surface area contributed by atoms with Crippen LogP contribution >= 0.6 is 0 Å². The summed E-state index contributed by atoms with van der Waals surface area (Å²) < 4.78 is 0. The number of β-amino-alcohol motifs (C(OH)–C–C–N with tert-alkyl or cyclic N) is 1. The molecule has 2 rings (SSSR count). The Labute approximate surface area is 82.9 Å². The van der Waals surface area contributed by atoms with E-state index in [9.17, 15) is 9.59 Å². The van der Waals surface area contributed by atoms with Crippen LogP contribution in [0, 0.1) is 11.8 Å². The molecule has 4 nitrogen and oxygen atoms in total. The molecule has 1 saturated heterocycles. The van der Waals surface area contributed by atoms with E-state index in [0.717, 1.165) is 19.3 Å². The maximum atomic E-state index is 11.7. The third-order valence-electron chi connectivity index (χ3n) is 3.13. The third kappa shape index (κ3) is 1.34. The first kappa shape index (κ1) is 9.65. The molecule has 1 saturated carbocycles. The zero-order valence-electron chi connectivity index (χ0n) is 8.27. The Kier molecular flexibility index (Phi) is 2.31. The van der Waals surface area contributed by atoms with Crippen LogP contribution in [0.5, 0.6) is 0 Å². The van der Waals surface area contributed by atoms with Gasteiger partial charge in [0.05, 0.1) is 24.5 Å². The minimum atomic E-state index is -0.623. The molecule has 4 heteroatoms. The number of nitrogens with zero attached hydrogens (tertiary/aromatic N) is 1. The number of fused-ring (bicyclic) bond motifs is 1. The maximum Gasteiger partial charge on any atom is 0.233 e. The normalized spacial score (nSPS) is 33.7. The molecule has 1 aliphatic heterocycles. The number of hydrogen-bond donors (Lipinski definition) is 1. The van der Waals surface area contributed by atoms with E-state index < -0.39 is 6.10 Å². The second-order valence-electron chi connectivity index (χ2n) is 4.28. The average molecular weight is 197 g/mol. The van der Waals surface area contributed by atoms with Crippen LogP contribution in [0.1, 0.15) is 26.2 Å². The summed E-state index contributed by atoms with van der Waals surface area (Å²) in [5.41, 5.74) is 0. The van der Waals surface area contributed by atoms with Crippen molar-refractivity contribution >= 4 is 11.8 Å². The van der Waals surface area contributed by atoms with Gasteiger partial charge >= 0.3 is 0 Å². The van der Waals surface area contributed by atoms with Gasteiger partial charge in [-0.2, -0.15) is 0 Å². The van der Waals surface area contributed by atoms with Gasteiger partial charge in [-0.3, -0.25) is 14.5 Å². The van der Waals surface area contributed by atoms with Crippen molar-refractivity contribution in [3.63, 3.8) is 0 Å². The van der Waals surface area contributed by atoms with Crippen LogP contribution in [0.3, 0.4) is 0 Å². The Morgan fingerprint density at radius 2 is 1.86 bits per heavy atom. The summed E-state index contributed by atoms with van der Waals surface area (Å²) in [6, 6.07) is 0. The lowest BCUT2D eigenvalue weighted by molar-refractivity contribution is -0.141. The van der Waals surface area contributed by atoms with Crippen molar-refractivity contribution < 1.29 is 14.7 Å². The van der Waals surface area contributed by atoms with Gasteiger partial charge in [0, 0.05) is 0 Å². The van der Waals surface area contributed by atoms with E-state index in [0.29, 0.717) is 0 Å². The topological polar surface area (TPSA) is 57.6 Å². The number of carbonyl (C=O) groups excluding carboxylic acids is 2. The summed E-state index contributed by atoms with van der Waals surface area (Å²) >= 11 is 0. The molecule has 1 aliphatic carbocycles. The molecule has 2 fully saturated rings. The quantitative estimate of drug-likeness (QED) is 0.641. The standard InChI is InChI=1S/C10H15NO3/c1-6(12)5-11-9(13)7-3-2-4-8(7)10(11)14/h6-8,12H,2-5H2,1H3. The fourth-order valence-electron chi connectivity index (χ4n) is 2.50. The molecule has 3 unspecified atom stereocenters. The molecule has 0 radical (unpaired) electrons. The van der Waals surface area contributed by atoms with Gasteiger partial charge in [0.1, 0.15) is 0 Å². The van der Waals surface area contributed by atoms with E-state index >= 15 is 0 Å². The summed E-state index contributed by atoms with van der Waals surface area (Å²) in [6.45, 7) is 1.75. The minimum absolute atomic E-state index is 0.0709. The molecule has 0 bridgehead atoms. The molecule has 0 aromatic heterocycles. The van der Waals surface area contributed by atoms with E-state index in [-0.39, 0.29) is 30.2 Å². The van der Waals surface area contributed by atoms with Gasteiger partial charge in [-0.15, -0.1) is 0 Å². The predicted molar refractivity (Wildman–Crippen MR) is 49.2 cm³/mol. The van der Waals surface area contributed by atoms with Crippen LogP contribution in [-0.2, 0) is 9.59 Å². The number of amides is 2. The van der Waals surface area contributed by atoms with E-state index in [1.54, 1.807) is 6.92 Å². The predicted octanol–water partition coefficient (Wildman–Crippen LogP) is 0.152. The van der Waals surface area contributed by atoms with Crippen molar-refractivity contribution in [2.45, 2.75) is 32.3 Å². The van der Waals surface area contributed by atoms with Crippen LogP contribution in [-0.4, -0.2) is 34.5 Å². The molecule has 3 atom stereocenters. The molecular formula is C10H15NO3. The zero-order valence-corrected chi connectivity index (χ0v) is 8.27. The Balaban J connectivity index is 2.13. The summed E-state index contributed by atoms with van der Waals surface area (Å²) in [6.07, 6.45) is 2.04. The molecule has 0 aromatic rings. The fourth-order valence-corrected chi connectivity index (χ4v) is 2.50. The van der Waals surface area contributed by atoms with E-state index in [1.165, 1.54) is 4.90 Å². The third-order valence-corrected chi connectivity index (χ3v) is 3.13. The Morgan fingerprint density at radius 1 is 1.36 bits per heavy atom. The van der Waals surface area contributed by atoms with Gasteiger partial charge in [-0.1, -0.05) is 6.42 Å². The van der Waals surface area contributed by atoms with Crippen molar-refractivity contribution in [1.82, 2.24) is 4.90 Å². The average Bonchev–Trinajstić information content (AvgIpc) is 2.65. The van der Waals surface area contributed by atoms with E-state index in [4.69, 9.17) is 5.11 Å². The Hall–Kier alpha value is -0.900. The Bertz CT molecular complexity index is 253. The number of carbonyl (C=O) groups is 2. The van der Waals surface area contributed by atoms with Gasteiger partial charge in [0.15, 0.2) is 0 Å². The van der Waals surface area contributed by atoms with Crippen LogP contribution in [0.2, 0.25) is 0 Å². The monoisotopic (exact) mass is 197 g/mol. The second kappa shape index (κ2) is 3.35. The van der Waals surface area contributed by atoms with E-state index in [2.05, 4.69) is 0 Å². The zero-order chi connectivity index (χ0) is 10.3. The van der Waals surface area contributed by atoms with Crippen molar-refractivity contribution in [1.29, 1.82) is 0 Å². The highest BCUT2D eigenvalue weighted by molar-refractivity contribution is 6.05. The van der Waals surface area contributed by atoms with Gasteiger partial charge < -0.3 is 5.11 Å². The number of aliphatic hydroxyl groups is 1. The molecule has 0 spiro atoms. The first-order valence-corrected chi connectivity index (χ1v) is 5.14. The molecule has 0 aromatic carbocycles. The largest absolute Gasteiger partial charge is 0.392 e. The number of hydrogen-bond acceptors (Lipinski definition) is 3. The first-order valence-electron chi connectivity index (χ1n) is 5.14. The van der Waals surface area contributed by atoms with Gasteiger partial charge in [-0.25, -0.2) is 0 Å². The number of rotatable bonds is 2. The lowest BCUT2D eigenvalue weighted by atomic mass is 10.00. The molecule has 2 aliphatic rings. The highest BCUT2D eigenvalue weighted by Gasteiger charge is 2.49. The smallest absolute Gasteiger partial charge is 0.233 e. The van der Waals surface area contributed by atoms with Gasteiger partial charge in [-0.05, 0) is 19.8 Å². The van der Waals surface area contributed by atoms with E-state index in [1.807, 2.05) is 0 Å². The summed E-state index contributed by atoms with van der Waals surface area (Å²) in [4.78, 5) is 24.7. The summed E-state index contributed by atoms with van der Waals surface area (Å²) in [5.74, 6) is -0.306. The van der Waals surface area contributed by atoms with Crippen molar-refractivity contribution in [2.75, 3.05) is 6.54 Å². The lowest BCUT2D eigenvalue weighted by Gasteiger charge is -2.17. The maximum absolute atomic E-state index is 11.7. The van der Waals surface area contributed by atoms with Crippen molar-refractivity contribution in [3.8, 4) is 0 Å². The lowest BCUT2D eigenvalue weighted by Crippen LogP contribution is -2.37. The minimum Gasteiger partial charge on any atom is -0.392 e. The molecule has 1 heterocycles.